The van der Waals surface area contributed by atoms with Crippen LogP contribution in [0.2, 0.25) is 0 Å². The molecule has 2 nitrogen and oxygen atoms in total. The quantitative estimate of drug-likeness (QED) is 0.794. The van der Waals surface area contributed by atoms with E-state index < -0.39 is 0 Å². The first-order chi connectivity index (χ1) is 9.74. The molecule has 0 aliphatic carbocycles. The molecule has 2 aromatic rings. The summed E-state index contributed by atoms with van der Waals surface area (Å²) in [7, 11) is 2.07. The van der Waals surface area contributed by atoms with Crippen LogP contribution < -0.4 is 5.32 Å². The summed E-state index contributed by atoms with van der Waals surface area (Å²) >= 11 is 0. The molecule has 1 N–H and O–H groups in total. The highest BCUT2D eigenvalue weighted by atomic mass is 14.9. The highest BCUT2D eigenvalue weighted by molar-refractivity contribution is 5.20. The fraction of sp³-hybridized carbons (Fsp3) is 0.444. The molecule has 0 bridgehead atoms. The summed E-state index contributed by atoms with van der Waals surface area (Å²) < 4.78 is 2.10. The molecular formula is C18H26N2. The molecule has 1 unspecified atom stereocenters. The SMILES string of the molecule is CCC(CC)C(NCc1ccn(C)c1)c1ccccc1. The molecule has 0 saturated heterocycles. The largest absolute Gasteiger partial charge is 0.357 e. The van der Waals surface area contributed by atoms with E-state index in [9.17, 15) is 0 Å². The van der Waals surface area contributed by atoms with E-state index >= 15 is 0 Å². The predicted octanol–water partition coefficient (Wildman–Crippen LogP) is 4.29. The van der Waals surface area contributed by atoms with Gasteiger partial charge in [0.15, 0.2) is 0 Å². The van der Waals surface area contributed by atoms with E-state index in [1.54, 1.807) is 0 Å². The molecule has 1 heterocycles. The molecule has 0 aliphatic rings. The summed E-state index contributed by atoms with van der Waals surface area (Å²) in [5.74, 6) is 0.682. The maximum absolute atomic E-state index is 3.75. The van der Waals surface area contributed by atoms with Crippen LogP contribution in [-0.2, 0) is 13.6 Å². The van der Waals surface area contributed by atoms with E-state index in [0.717, 1.165) is 6.54 Å². The highest BCUT2D eigenvalue weighted by Gasteiger charge is 2.19. The second-order valence-electron chi connectivity index (χ2n) is 5.53. The lowest BCUT2D eigenvalue weighted by atomic mass is 9.88. The third-order valence-electron chi connectivity index (χ3n) is 4.10. The van der Waals surface area contributed by atoms with Crippen molar-refractivity contribution in [2.75, 3.05) is 0 Å². The number of aryl methyl sites for hydroxylation is 1. The summed E-state index contributed by atoms with van der Waals surface area (Å²) in [6.07, 6.45) is 6.70. The highest BCUT2D eigenvalue weighted by Crippen LogP contribution is 2.27. The Morgan fingerprint density at radius 1 is 1.05 bits per heavy atom. The molecule has 0 amide bonds. The minimum Gasteiger partial charge on any atom is -0.357 e. The Bertz CT molecular complexity index is 497. The Hall–Kier alpha value is -1.54. The third kappa shape index (κ3) is 3.73. The minimum absolute atomic E-state index is 0.436. The molecule has 1 atom stereocenters. The second-order valence-corrected chi connectivity index (χ2v) is 5.53. The van der Waals surface area contributed by atoms with Crippen molar-refractivity contribution < 1.29 is 0 Å². The van der Waals surface area contributed by atoms with Gasteiger partial charge in [-0.05, 0) is 23.1 Å². The van der Waals surface area contributed by atoms with Gasteiger partial charge in [0.1, 0.15) is 0 Å². The summed E-state index contributed by atoms with van der Waals surface area (Å²) in [5.41, 5.74) is 2.75. The number of rotatable bonds is 7. The number of nitrogens with zero attached hydrogens (tertiary/aromatic N) is 1. The van der Waals surface area contributed by atoms with Gasteiger partial charge in [-0.15, -0.1) is 0 Å². The monoisotopic (exact) mass is 270 g/mol. The number of hydrogen-bond donors (Lipinski definition) is 1. The molecule has 2 rings (SSSR count). The van der Waals surface area contributed by atoms with Crippen LogP contribution in [0.15, 0.2) is 48.8 Å². The van der Waals surface area contributed by atoms with Gasteiger partial charge in [-0.2, -0.15) is 0 Å². The summed E-state index contributed by atoms with van der Waals surface area (Å²) in [4.78, 5) is 0. The summed E-state index contributed by atoms with van der Waals surface area (Å²) in [5, 5.41) is 3.75. The minimum atomic E-state index is 0.436. The number of benzene rings is 1. The first kappa shape index (κ1) is 14.9. The number of hydrogen-bond acceptors (Lipinski definition) is 1. The van der Waals surface area contributed by atoms with Crippen LogP contribution in [-0.4, -0.2) is 4.57 Å². The molecule has 0 radical (unpaired) electrons. The van der Waals surface area contributed by atoms with Crippen LogP contribution in [0.3, 0.4) is 0 Å². The van der Waals surface area contributed by atoms with E-state index in [2.05, 4.69) is 79.6 Å². The Labute approximate surface area is 122 Å². The first-order valence-corrected chi connectivity index (χ1v) is 7.63. The zero-order chi connectivity index (χ0) is 14.4. The van der Waals surface area contributed by atoms with Crippen molar-refractivity contribution in [1.29, 1.82) is 0 Å². The Kier molecular flexibility index (Phi) is 5.42. The van der Waals surface area contributed by atoms with E-state index in [-0.39, 0.29) is 0 Å². The van der Waals surface area contributed by atoms with Crippen molar-refractivity contribution in [3.63, 3.8) is 0 Å². The molecule has 1 aromatic heterocycles. The zero-order valence-electron chi connectivity index (χ0n) is 12.8. The van der Waals surface area contributed by atoms with E-state index in [4.69, 9.17) is 0 Å². The van der Waals surface area contributed by atoms with Crippen LogP contribution in [0.25, 0.3) is 0 Å². The molecule has 1 aromatic carbocycles. The predicted molar refractivity (Wildman–Crippen MR) is 85.5 cm³/mol. The smallest absolute Gasteiger partial charge is 0.0351 e. The van der Waals surface area contributed by atoms with E-state index in [1.807, 2.05) is 0 Å². The summed E-state index contributed by atoms with van der Waals surface area (Å²) in [6, 6.07) is 13.4. The average molecular weight is 270 g/mol. The van der Waals surface area contributed by atoms with Crippen LogP contribution in [0, 0.1) is 5.92 Å². The van der Waals surface area contributed by atoms with Crippen molar-refractivity contribution in [2.24, 2.45) is 13.0 Å². The van der Waals surface area contributed by atoms with Gasteiger partial charge < -0.3 is 9.88 Å². The fourth-order valence-corrected chi connectivity index (χ4v) is 2.87. The molecular weight excluding hydrogens is 244 g/mol. The maximum atomic E-state index is 3.75. The lowest BCUT2D eigenvalue weighted by Gasteiger charge is -2.27. The lowest BCUT2D eigenvalue weighted by Crippen LogP contribution is -2.27. The van der Waals surface area contributed by atoms with Gasteiger partial charge >= 0.3 is 0 Å². The molecule has 0 fully saturated rings. The zero-order valence-corrected chi connectivity index (χ0v) is 12.8. The van der Waals surface area contributed by atoms with Gasteiger partial charge in [-0.25, -0.2) is 0 Å². The Morgan fingerprint density at radius 2 is 1.75 bits per heavy atom. The fourth-order valence-electron chi connectivity index (χ4n) is 2.87. The van der Waals surface area contributed by atoms with Gasteiger partial charge in [0, 0.05) is 32.0 Å². The van der Waals surface area contributed by atoms with E-state index in [1.165, 1.54) is 24.0 Å². The first-order valence-electron chi connectivity index (χ1n) is 7.63. The van der Waals surface area contributed by atoms with Crippen LogP contribution >= 0.6 is 0 Å². The number of aromatic nitrogens is 1. The normalized spacial score (nSPS) is 12.8. The van der Waals surface area contributed by atoms with Crippen molar-refractivity contribution in [3.8, 4) is 0 Å². The Balaban J connectivity index is 2.10. The van der Waals surface area contributed by atoms with E-state index in [0.29, 0.717) is 12.0 Å². The number of nitrogens with one attached hydrogen (secondary N) is 1. The van der Waals surface area contributed by atoms with Crippen LogP contribution in [0.1, 0.15) is 43.9 Å². The van der Waals surface area contributed by atoms with Crippen molar-refractivity contribution in [1.82, 2.24) is 9.88 Å². The molecule has 108 valence electrons. The van der Waals surface area contributed by atoms with Crippen molar-refractivity contribution in [2.45, 2.75) is 39.3 Å². The van der Waals surface area contributed by atoms with Crippen molar-refractivity contribution >= 4 is 0 Å². The topological polar surface area (TPSA) is 17.0 Å². The van der Waals surface area contributed by atoms with Crippen molar-refractivity contribution in [3.05, 3.63) is 59.9 Å². The van der Waals surface area contributed by atoms with Gasteiger partial charge in [0.25, 0.3) is 0 Å². The van der Waals surface area contributed by atoms with Gasteiger partial charge in [-0.3, -0.25) is 0 Å². The van der Waals surface area contributed by atoms with Gasteiger partial charge in [0.05, 0.1) is 0 Å². The average Bonchev–Trinajstić information content (AvgIpc) is 2.90. The van der Waals surface area contributed by atoms with Crippen LogP contribution in [0.5, 0.6) is 0 Å². The molecule has 0 saturated carbocycles. The standard InChI is InChI=1S/C18H26N2/c1-4-16(5-2)18(17-9-7-6-8-10-17)19-13-15-11-12-20(3)14-15/h6-12,14,16,18-19H,4-5,13H2,1-3H3. The van der Waals surface area contributed by atoms with Crippen LogP contribution in [0.4, 0.5) is 0 Å². The molecule has 0 spiro atoms. The summed E-state index contributed by atoms with van der Waals surface area (Å²) in [6.45, 7) is 5.50. The second kappa shape index (κ2) is 7.30. The third-order valence-corrected chi connectivity index (χ3v) is 4.10. The lowest BCUT2D eigenvalue weighted by molar-refractivity contribution is 0.339. The maximum Gasteiger partial charge on any atom is 0.0351 e. The molecule has 0 aliphatic heterocycles. The van der Waals surface area contributed by atoms with Gasteiger partial charge in [-0.1, -0.05) is 57.0 Å². The van der Waals surface area contributed by atoms with Gasteiger partial charge in [0.2, 0.25) is 0 Å². The molecule has 2 heteroatoms. The molecule has 20 heavy (non-hydrogen) atoms. The Morgan fingerprint density at radius 3 is 2.30 bits per heavy atom.